The van der Waals surface area contributed by atoms with Crippen LogP contribution >= 0.6 is 0 Å². The number of imidazole rings is 1. The first-order valence-corrected chi connectivity index (χ1v) is 9.56. The zero-order chi connectivity index (χ0) is 20.2. The van der Waals surface area contributed by atoms with Gasteiger partial charge in [0.2, 0.25) is 5.91 Å². The molecule has 1 heterocycles. The van der Waals surface area contributed by atoms with Gasteiger partial charge in [-0.05, 0) is 55.5 Å². The minimum absolute atomic E-state index is 0.0314. The lowest BCUT2D eigenvalue weighted by Crippen LogP contribution is -2.29. The molecule has 0 atom stereocenters. The summed E-state index contributed by atoms with van der Waals surface area (Å²) >= 11 is 0. The topological polar surface area (TPSA) is 68.1 Å². The Hall–Kier alpha value is -3.80. The third-order valence-electron chi connectivity index (χ3n) is 4.77. The molecule has 0 aliphatic carbocycles. The van der Waals surface area contributed by atoms with E-state index in [9.17, 15) is 9.59 Å². The van der Waals surface area contributed by atoms with Gasteiger partial charge in [0, 0.05) is 23.6 Å². The van der Waals surface area contributed by atoms with Crippen LogP contribution in [0, 0.1) is 0 Å². The molecule has 146 valence electrons. The number of benzene rings is 3. The molecule has 1 amide bonds. The van der Waals surface area contributed by atoms with Crippen LogP contribution in [-0.2, 0) is 17.9 Å². The van der Waals surface area contributed by atoms with Crippen molar-refractivity contribution in [3.05, 3.63) is 89.3 Å². The third kappa shape index (κ3) is 3.91. The summed E-state index contributed by atoms with van der Waals surface area (Å²) in [5.41, 5.74) is 4.03. The number of aromatic nitrogens is 2. The van der Waals surface area contributed by atoms with Crippen molar-refractivity contribution >= 4 is 34.0 Å². The summed E-state index contributed by atoms with van der Waals surface area (Å²) in [4.78, 5) is 25.2. The number of hydrogen-bond acceptors (Lipinski definition) is 3. The number of amides is 1. The summed E-state index contributed by atoms with van der Waals surface area (Å²) in [7, 11) is 0. The quantitative estimate of drug-likeness (QED) is 0.522. The van der Waals surface area contributed by atoms with E-state index in [2.05, 4.69) is 10.6 Å². The van der Waals surface area contributed by atoms with Gasteiger partial charge < -0.3 is 10.6 Å². The molecular formula is C23H22N4O2. The van der Waals surface area contributed by atoms with E-state index in [1.165, 1.54) is 4.57 Å². The molecule has 4 rings (SSSR count). The van der Waals surface area contributed by atoms with Gasteiger partial charge >= 0.3 is 5.69 Å². The van der Waals surface area contributed by atoms with Gasteiger partial charge in [0.15, 0.2) is 0 Å². The molecule has 0 radical (unpaired) electrons. The number of anilines is 3. The van der Waals surface area contributed by atoms with Crippen LogP contribution in [0.2, 0.25) is 0 Å². The van der Waals surface area contributed by atoms with Crippen molar-refractivity contribution < 1.29 is 4.79 Å². The highest BCUT2D eigenvalue weighted by molar-refractivity contribution is 5.91. The molecule has 0 saturated heterocycles. The van der Waals surface area contributed by atoms with Gasteiger partial charge in [-0.1, -0.05) is 30.3 Å². The summed E-state index contributed by atoms with van der Waals surface area (Å²) in [6.45, 7) is 2.45. The Bertz CT molecular complexity index is 1190. The summed E-state index contributed by atoms with van der Waals surface area (Å²) < 4.78 is 3.19. The van der Waals surface area contributed by atoms with Gasteiger partial charge in [-0.25, -0.2) is 4.79 Å². The summed E-state index contributed by atoms with van der Waals surface area (Å²) in [5, 5.41) is 6.17. The Morgan fingerprint density at radius 1 is 0.759 bits per heavy atom. The lowest BCUT2D eigenvalue weighted by molar-refractivity contribution is -0.116. The lowest BCUT2D eigenvalue weighted by Gasteiger charge is -2.09. The molecule has 3 aromatic carbocycles. The minimum atomic E-state index is -0.241. The maximum absolute atomic E-state index is 12.7. The van der Waals surface area contributed by atoms with Gasteiger partial charge in [-0.2, -0.15) is 0 Å². The van der Waals surface area contributed by atoms with Crippen LogP contribution in [0.15, 0.2) is 83.7 Å². The van der Waals surface area contributed by atoms with Crippen molar-refractivity contribution in [2.24, 2.45) is 0 Å². The fourth-order valence-electron chi connectivity index (χ4n) is 3.40. The van der Waals surface area contributed by atoms with E-state index in [4.69, 9.17) is 0 Å². The number of carbonyl (C=O) groups excluding carboxylic acids is 1. The lowest BCUT2D eigenvalue weighted by atomic mass is 10.2. The summed E-state index contributed by atoms with van der Waals surface area (Å²) in [6, 6.07) is 24.9. The molecule has 0 aliphatic rings. The van der Waals surface area contributed by atoms with Crippen molar-refractivity contribution in [2.45, 2.75) is 20.0 Å². The second-order valence-corrected chi connectivity index (χ2v) is 6.72. The Balaban J connectivity index is 1.47. The Morgan fingerprint density at radius 2 is 1.31 bits per heavy atom. The van der Waals surface area contributed by atoms with Crippen molar-refractivity contribution in [3.63, 3.8) is 0 Å². The van der Waals surface area contributed by atoms with Gasteiger partial charge in [0.25, 0.3) is 0 Å². The van der Waals surface area contributed by atoms with Gasteiger partial charge in [0.1, 0.15) is 6.54 Å². The summed E-state index contributed by atoms with van der Waals surface area (Å²) in [6.07, 6.45) is 0. The highest BCUT2D eigenvalue weighted by atomic mass is 16.2. The first-order valence-electron chi connectivity index (χ1n) is 9.56. The molecule has 0 fully saturated rings. The van der Waals surface area contributed by atoms with Crippen LogP contribution < -0.4 is 16.3 Å². The predicted octanol–water partition coefficient (Wildman–Crippen LogP) is 4.21. The molecule has 6 nitrogen and oxygen atoms in total. The number of hydrogen-bond donors (Lipinski definition) is 2. The number of para-hydroxylation sites is 3. The molecule has 6 heteroatoms. The van der Waals surface area contributed by atoms with Crippen molar-refractivity contribution in [3.8, 4) is 0 Å². The van der Waals surface area contributed by atoms with E-state index >= 15 is 0 Å². The monoisotopic (exact) mass is 386 g/mol. The second kappa shape index (κ2) is 8.06. The molecular weight excluding hydrogens is 364 g/mol. The number of nitrogens with zero attached hydrogens (tertiary/aromatic N) is 2. The fraction of sp³-hybridized carbons (Fsp3) is 0.130. The molecule has 29 heavy (non-hydrogen) atoms. The van der Waals surface area contributed by atoms with Crippen molar-refractivity contribution in [2.75, 3.05) is 10.6 Å². The van der Waals surface area contributed by atoms with Gasteiger partial charge in [0.05, 0.1) is 11.0 Å². The Labute approximate surface area is 168 Å². The molecule has 0 aliphatic heterocycles. The summed E-state index contributed by atoms with van der Waals surface area (Å²) in [5.74, 6) is -0.241. The zero-order valence-corrected chi connectivity index (χ0v) is 16.1. The molecule has 1 aromatic heterocycles. The molecule has 4 aromatic rings. The van der Waals surface area contributed by atoms with Crippen LogP contribution in [-0.4, -0.2) is 15.0 Å². The van der Waals surface area contributed by atoms with Crippen molar-refractivity contribution in [1.82, 2.24) is 9.13 Å². The maximum Gasteiger partial charge on any atom is 0.329 e. The number of rotatable bonds is 6. The van der Waals surface area contributed by atoms with E-state index < -0.39 is 0 Å². The number of fused-ring (bicyclic) bond motifs is 1. The molecule has 0 bridgehead atoms. The SMILES string of the molecule is CCn1c(=O)n(CC(=O)Nc2ccc(Nc3ccccc3)cc2)c2ccccc21. The maximum atomic E-state index is 12.7. The first kappa shape index (κ1) is 18.6. The van der Waals surface area contributed by atoms with E-state index in [1.54, 1.807) is 4.57 Å². The van der Waals surface area contributed by atoms with E-state index in [0.717, 1.165) is 22.4 Å². The molecule has 0 unspecified atom stereocenters. The van der Waals surface area contributed by atoms with E-state index in [1.807, 2.05) is 85.8 Å². The Kier molecular flexibility index (Phi) is 5.16. The smallest absolute Gasteiger partial charge is 0.329 e. The number of aryl methyl sites for hydroxylation is 1. The molecule has 0 saturated carbocycles. The first-order chi connectivity index (χ1) is 14.2. The highest BCUT2D eigenvalue weighted by Gasteiger charge is 2.14. The van der Waals surface area contributed by atoms with E-state index in [-0.39, 0.29) is 18.1 Å². The predicted molar refractivity (Wildman–Crippen MR) is 117 cm³/mol. The second-order valence-electron chi connectivity index (χ2n) is 6.72. The minimum Gasteiger partial charge on any atom is -0.356 e. The highest BCUT2D eigenvalue weighted by Crippen LogP contribution is 2.19. The van der Waals surface area contributed by atoms with Gasteiger partial charge in [-0.15, -0.1) is 0 Å². The molecule has 2 N–H and O–H groups in total. The van der Waals surface area contributed by atoms with Crippen LogP contribution in [0.5, 0.6) is 0 Å². The third-order valence-corrected chi connectivity index (χ3v) is 4.77. The average Bonchev–Trinajstić information content (AvgIpc) is 3.01. The van der Waals surface area contributed by atoms with Crippen LogP contribution in [0.3, 0.4) is 0 Å². The number of nitrogens with one attached hydrogen (secondary N) is 2. The largest absolute Gasteiger partial charge is 0.356 e. The van der Waals surface area contributed by atoms with Crippen LogP contribution in [0.1, 0.15) is 6.92 Å². The standard InChI is InChI=1S/C23H22N4O2/c1-2-26-20-10-6-7-11-21(20)27(23(26)29)16-22(28)25-19-14-12-18(13-15-19)24-17-8-4-3-5-9-17/h3-15,24H,2,16H2,1H3,(H,25,28). The van der Waals surface area contributed by atoms with E-state index in [0.29, 0.717) is 12.2 Å². The van der Waals surface area contributed by atoms with Crippen LogP contribution in [0.4, 0.5) is 17.1 Å². The normalized spacial score (nSPS) is 10.8. The molecule has 0 spiro atoms. The average molecular weight is 386 g/mol. The van der Waals surface area contributed by atoms with Gasteiger partial charge in [-0.3, -0.25) is 13.9 Å². The Morgan fingerprint density at radius 3 is 1.97 bits per heavy atom. The number of carbonyl (C=O) groups is 1. The van der Waals surface area contributed by atoms with Crippen LogP contribution in [0.25, 0.3) is 11.0 Å². The zero-order valence-electron chi connectivity index (χ0n) is 16.1. The van der Waals surface area contributed by atoms with Crippen molar-refractivity contribution in [1.29, 1.82) is 0 Å². The fourth-order valence-corrected chi connectivity index (χ4v) is 3.40.